The van der Waals surface area contributed by atoms with E-state index in [9.17, 15) is 18.0 Å². The second-order valence-corrected chi connectivity index (χ2v) is 12.1. The van der Waals surface area contributed by atoms with Gasteiger partial charge in [0, 0.05) is 0 Å². The van der Waals surface area contributed by atoms with E-state index in [1.807, 2.05) is 6.92 Å². The van der Waals surface area contributed by atoms with Crippen LogP contribution in [0, 0.1) is 6.92 Å². The van der Waals surface area contributed by atoms with E-state index >= 15 is 0 Å². The van der Waals surface area contributed by atoms with E-state index in [2.05, 4.69) is 9.97 Å². The third-order valence-electron chi connectivity index (χ3n) is 4.68. The van der Waals surface area contributed by atoms with Crippen molar-refractivity contribution in [3.8, 4) is 0 Å². The van der Waals surface area contributed by atoms with Crippen LogP contribution in [-0.4, -0.2) is 46.7 Å². The van der Waals surface area contributed by atoms with Crippen LogP contribution in [0.2, 0.25) is 0 Å². The van der Waals surface area contributed by atoms with Crippen molar-refractivity contribution in [2.24, 2.45) is 0 Å². The third-order valence-corrected chi connectivity index (χ3v) is 6.48. The van der Waals surface area contributed by atoms with E-state index in [1.54, 1.807) is 77.9 Å². The minimum Gasteiger partial charge on any atom is -0.443 e. The number of para-hydroxylation sites is 1. The summed E-state index contributed by atoms with van der Waals surface area (Å²) >= 11 is 0. The van der Waals surface area contributed by atoms with E-state index in [4.69, 9.17) is 9.47 Å². The number of nitrogens with one attached hydrogen (secondary N) is 1. The Bertz CT molecular complexity index is 1320. The molecule has 3 rings (SSSR count). The molecule has 0 atom stereocenters. The summed E-state index contributed by atoms with van der Waals surface area (Å²) in [4.78, 5) is 34.0. The van der Waals surface area contributed by atoms with Gasteiger partial charge in [0.1, 0.15) is 22.5 Å². The van der Waals surface area contributed by atoms with Gasteiger partial charge in [-0.1, -0.05) is 23.8 Å². The van der Waals surface area contributed by atoms with Crippen LogP contribution in [0.3, 0.4) is 0 Å². The van der Waals surface area contributed by atoms with Gasteiger partial charge in [-0.05, 0) is 72.7 Å². The van der Waals surface area contributed by atoms with Crippen molar-refractivity contribution in [3.63, 3.8) is 0 Å². The number of rotatable bonds is 4. The van der Waals surface area contributed by atoms with Gasteiger partial charge in [-0.15, -0.1) is 0 Å². The Hall–Kier alpha value is -3.40. The fourth-order valence-electron chi connectivity index (χ4n) is 3.18. The molecule has 1 aromatic heterocycles. The number of fused-ring (bicyclic) bond motifs is 1. The number of benzene rings is 2. The second-order valence-electron chi connectivity index (χ2n) is 10.2. The number of aromatic nitrogens is 2. The summed E-state index contributed by atoms with van der Waals surface area (Å²) < 4.78 is 37.4. The van der Waals surface area contributed by atoms with Crippen LogP contribution in [-0.2, 0) is 25.9 Å². The molecule has 9 nitrogen and oxygen atoms in total. The van der Waals surface area contributed by atoms with E-state index in [0.29, 0.717) is 5.52 Å². The van der Waals surface area contributed by atoms with Gasteiger partial charge in [0.05, 0.1) is 21.9 Å². The minimum absolute atomic E-state index is 0.0161. The molecule has 3 aromatic rings. The maximum atomic E-state index is 13.3. The average molecular weight is 502 g/mol. The molecule has 0 radical (unpaired) electrons. The Balaban J connectivity index is 2.01. The number of hydrogen-bond donors (Lipinski definition) is 1. The smallest absolute Gasteiger partial charge is 0.420 e. The Morgan fingerprint density at radius 1 is 0.914 bits per heavy atom. The van der Waals surface area contributed by atoms with Crippen molar-refractivity contribution in [2.75, 3.05) is 0 Å². The van der Waals surface area contributed by atoms with Crippen LogP contribution < -0.4 is 0 Å². The van der Waals surface area contributed by atoms with Crippen molar-refractivity contribution in [2.45, 2.75) is 76.0 Å². The molecule has 0 fully saturated rings. The molecule has 10 heteroatoms. The number of nitrogens with zero attached hydrogens (tertiary/aromatic N) is 2. The van der Waals surface area contributed by atoms with E-state index in [1.165, 1.54) is 6.07 Å². The number of aromatic amines is 1. The van der Waals surface area contributed by atoms with Crippen LogP contribution in [0.25, 0.3) is 11.0 Å². The first-order chi connectivity index (χ1) is 16.1. The highest BCUT2D eigenvalue weighted by Crippen LogP contribution is 2.28. The van der Waals surface area contributed by atoms with Gasteiger partial charge in [0.15, 0.2) is 0 Å². The molecule has 1 heterocycles. The molecule has 0 aliphatic heterocycles. The molecule has 0 aliphatic carbocycles. The van der Waals surface area contributed by atoms with E-state index in [0.717, 1.165) is 10.5 Å². The van der Waals surface area contributed by atoms with Crippen LogP contribution in [0.5, 0.6) is 0 Å². The molecule has 188 valence electrons. The lowest BCUT2D eigenvalue weighted by Crippen LogP contribution is -2.43. The van der Waals surface area contributed by atoms with Crippen LogP contribution in [0.15, 0.2) is 52.3 Å². The van der Waals surface area contributed by atoms with Crippen LogP contribution in [0.1, 0.15) is 52.9 Å². The summed E-state index contributed by atoms with van der Waals surface area (Å²) in [6.07, 6.45) is -1.81. The highest BCUT2D eigenvalue weighted by atomic mass is 32.2. The molecule has 0 bridgehead atoms. The highest BCUT2D eigenvalue weighted by molar-refractivity contribution is 7.91. The minimum atomic E-state index is -3.86. The van der Waals surface area contributed by atoms with Crippen LogP contribution >= 0.6 is 0 Å². The SMILES string of the molecule is Cc1ccc(S(=O)(=O)c2cccc3[nH]c(CN(C(=O)OC(C)(C)C)C(=O)OC(C)(C)C)nc23)cc1. The monoisotopic (exact) mass is 501 g/mol. The second kappa shape index (κ2) is 9.33. The summed E-state index contributed by atoms with van der Waals surface area (Å²) in [6, 6.07) is 11.3. The molecule has 0 saturated carbocycles. The number of imidazole rings is 1. The third kappa shape index (κ3) is 6.39. The molecular formula is C25H31N3O6S. The first-order valence-electron chi connectivity index (χ1n) is 11.1. The first kappa shape index (κ1) is 26.2. The molecule has 0 saturated heterocycles. The Kier molecular flexibility index (Phi) is 6.99. The summed E-state index contributed by atoms with van der Waals surface area (Å²) in [6.45, 7) is 11.7. The number of amides is 2. The predicted octanol–water partition coefficient (Wildman–Crippen LogP) is 5.38. The number of carbonyl (C=O) groups is 2. The number of hydrogen-bond acceptors (Lipinski definition) is 7. The largest absolute Gasteiger partial charge is 0.443 e. The zero-order valence-electron chi connectivity index (χ0n) is 21.0. The average Bonchev–Trinajstić information content (AvgIpc) is 3.12. The number of sulfone groups is 1. The van der Waals surface area contributed by atoms with Gasteiger partial charge in [0.25, 0.3) is 0 Å². The summed E-state index contributed by atoms with van der Waals surface area (Å²) in [7, 11) is -3.86. The Morgan fingerprint density at radius 3 is 1.97 bits per heavy atom. The Labute approximate surface area is 205 Å². The molecule has 0 aliphatic rings. The fraction of sp³-hybridized carbons (Fsp3) is 0.400. The molecule has 35 heavy (non-hydrogen) atoms. The zero-order chi connectivity index (χ0) is 26.2. The van der Waals surface area contributed by atoms with Crippen molar-refractivity contribution in [1.82, 2.24) is 14.9 Å². The number of ether oxygens (including phenoxy) is 2. The maximum absolute atomic E-state index is 13.3. The molecule has 0 unspecified atom stereocenters. The normalized spacial score (nSPS) is 12.4. The molecule has 0 spiro atoms. The summed E-state index contributed by atoms with van der Waals surface area (Å²) in [5, 5.41) is 0. The van der Waals surface area contributed by atoms with Crippen molar-refractivity contribution < 1.29 is 27.5 Å². The first-order valence-corrected chi connectivity index (χ1v) is 12.6. The predicted molar refractivity (Wildman–Crippen MR) is 131 cm³/mol. The maximum Gasteiger partial charge on any atom is 0.420 e. The molecule has 1 N–H and O–H groups in total. The van der Waals surface area contributed by atoms with Gasteiger partial charge < -0.3 is 14.5 Å². The van der Waals surface area contributed by atoms with Crippen molar-refractivity contribution >= 4 is 33.1 Å². The summed E-state index contributed by atoms with van der Waals surface area (Å²) in [5.41, 5.74) is -0.104. The van der Waals surface area contributed by atoms with E-state index in [-0.39, 0.29) is 27.7 Å². The number of aryl methyl sites for hydroxylation is 1. The number of imide groups is 1. The van der Waals surface area contributed by atoms with Gasteiger partial charge >= 0.3 is 12.2 Å². The summed E-state index contributed by atoms with van der Waals surface area (Å²) in [5.74, 6) is 0.197. The van der Waals surface area contributed by atoms with Gasteiger partial charge in [-0.3, -0.25) is 0 Å². The van der Waals surface area contributed by atoms with Gasteiger partial charge in [0.2, 0.25) is 9.84 Å². The lowest BCUT2D eigenvalue weighted by molar-refractivity contribution is -0.000687. The number of carbonyl (C=O) groups excluding carboxylic acids is 2. The standard InChI is InChI=1S/C25H31N3O6S/c1-16-11-13-17(14-12-16)35(31,32)19-10-8-9-18-21(19)27-20(26-18)15-28(22(29)33-24(2,3)4)23(30)34-25(5,6)7/h8-14H,15H2,1-7H3,(H,26,27). The van der Waals surface area contributed by atoms with Gasteiger partial charge in [-0.25, -0.2) is 27.9 Å². The fourth-order valence-corrected chi connectivity index (χ4v) is 4.60. The highest BCUT2D eigenvalue weighted by Gasteiger charge is 2.32. The van der Waals surface area contributed by atoms with Crippen LogP contribution in [0.4, 0.5) is 9.59 Å². The van der Waals surface area contributed by atoms with E-state index < -0.39 is 33.2 Å². The van der Waals surface area contributed by atoms with Gasteiger partial charge in [-0.2, -0.15) is 0 Å². The van der Waals surface area contributed by atoms with Crippen molar-refractivity contribution in [3.05, 3.63) is 53.9 Å². The Morgan fingerprint density at radius 2 is 1.46 bits per heavy atom. The van der Waals surface area contributed by atoms with Crippen molar-refractivity contribution in [1.29, 1.82) is 0 Å². The quantitative estimate of drug-likeness (QED) is 0.510. The zero-order valence-corrected chi connectivity index (χ0v) is 21.8. The molecule has 2 amide bonds. The molecular weight excluding hydrogens is 470 g/mol. The number of H-pyrrole nitrogens is 1. The lowest BCUT2D eigenvalue weighted by Gasteiger charge is -2.28. The molecule has 2 aromatic carbocycles. The topological polar surface area (TPSA) is 119 Å². The lowest BCUT2D eigenvalue weighted by atomic mass is 10.2.